The summed E-state index contributed by atoms with van der Waals surface area (Å²) >= 11 is 0. The molecule has 0 aliphatic heterocycles. The van der Waals surface area contributed by atoms with Crippen LogP contribution in [0.15, 0.2) is 66.7 Å². The van der Waals surface area contributed by atoms with E-state index in [1.165, 1.54) is 54.1 Å². The smallest absolute Gasteiger partial charge is 0.0739 e. The lowest BCUT2D eigenvalue weighted by Crippen LogP contribution is -2.36. The minimum atomic E-state index is 0.219. The van der Waals surface area contributed by atoms with Crippen LogP contribution < -0.4 is 10.6 Å². The monoisotopic (exact) mass is 384 g/mol. The number of nitrogen functional groups attached to an aromatic ring is 1. The SMILES string of the molecule is CCCCCCC(C)N(c1ccccc1)C1C=Cc2c(N)ccc3cccc1c23. The quantitative estimate of drug-likeness (QED) is 0.325. The van der Waals surface area contributed by atoms with Crippen LogP contribution in [0.3, 0.4) is 0 Å². The molecule has 0 amide bonds. The molecule has 3 aromatic carbocycles. The molecule has 0 saturated heterocycles. The number of rotatable bonds is 8. The second kappa shape index (κ2) is 8.73. The second-order valence-corrected chi connectivity index (χ2v) is 8.26. The molecule has 2 heteroatoms. The Balaban J connectivity index is 1.74. The lowest BCUT2D eigenvalue weighted by atomic mass is 9.87. The third kappa shape index (κ3) is 3.89. The molecule has 0 fully saturated rings. The Morgan fingerprint density at radius 3 is 2.55 bits per heavy atom. The largest absolute Gasteiger partial charge is 0.398 e. The van der Waals surface area contributed by atoms with E-state index in [0.717, 1.165) is 11.3 Å². The maximum atomic E-state index is 6.32. The minimum Gasteiger partial charge on any atom is -0.398 e. The molecule has 0 radical (unpaired) electrons. The van der Waals surface area contributed by atoms with Crippen molar-refractivity contribution in [3.63, 3.8) is 0 Å². The van der Waals surface area contributed by atoms with Crippen molar-refractivity contribution in [3.05, 3.63) is 77.9 Å². The second-order valence-electron chi connectivity index (χ2n) is 8.26. The van der Waals surface area contributed by atoms with Gasteiger partial charge in [0.15, 0.2) is 0 Å². The molecule has 2 atom stereocenters. The molecule has 0 heterocycles. The lowest BCUT2D eigenvalue weighted by molar-refractivity contribution is 0.518. The van der Waals surface area contributed by atoms with Gasteiger partial charge in [0.2, 0.25) is 0 Å². The summed E-state index contributed by atoms with van der Waals surface area (Å²) in [5, 5.41) is 2.57. The van der Waals surface area contributed by atoms with Gasteiger partial charge in [-0.25, -0.2) is 0 Å². The van der Waals surface area contributed by atoms with E-state index in [1.54, 1.807) is 0 Å². The molecular formula is C27H32N2. The van der Waals surface area contributed by atoms with Gasteiger partial charge in [-0.15, -0.1) is 0 Å². The first-order valence-corrected chi connectivity index (χ1v) is 11.0. The van der Waals surface area contributed by atoms with Gasteiger partial charge < -0.3 is 10.6 Å². The van der Waals surface area contributed by atoms with E-state index in [9.17, 15) is 0 Å². The van der Waals surface area contributed by atoms with Crippen molar-refractivity contribution >= 4 is 28.2 Å². The first-order chi connectivity index (χ1) is 14.2. The molecule has 2 nitrogen and oxygen atoms in total. The fraction of sp³-hybridized carbons (Fsp3) is 0.333. The minimum absolute atomic E-state index is 0.219. The maximum absolute atomic E-state index is 6.32. The number of nitrogens with two attached hydrogens (primary N) is 1. The highest BCUT2D eigenvalue weighted by molar-refractivity contribution is 6.00. The number of nitrogens with zero attached hydrogens (tertiary/aromatic N) is 1. The molecule has 0 saturated carbocycles. The molecule has 29 heavy (non-hydrogen) atoms. The Bertz CT molecular complexity index is 990. The molecular weight excluding hydrogens is 352 g/mol. The predicted octanol–water partition coefficient (Wildman–Crippen LogP) is 7.36. The zero-order chi connectivity index (χ0) is 20.2. The number of anilines is 2. The van der Waals surface area contributed by atoms with Crippen LogP contribution in [0.25, 0.3) is 16.8 Å². The Morgan fingerprint density at radius 1 is 0.931 bits per heavy atom. The summed E-state index contributed by atoms with van der Waals surface area (Å²) in [6.07, 6.45) is 11.0. The van der Waals surface area contributed by atoms with Crippen molar-refractivity contribution in [2.45, 2.75) is 58.0 Å². The highest BCUT2D eigenvalue weighted by atomic mass is 15.2. The van der Waals surface area contributed by atoms with Gasteiger partial charge in [0.05, 0.1) is 6.04 Å². The number of hydrogen-bond donors (Lipinski definition) is 1. The summed E-state index contributed by atoms with van der Waals surface area (Å²) in [6, 6.07) is 22.4. The molecule has 3 aromatic rings. The van der Waals surface area contributed by atoms with Crippen molar-refractivity contribution < 1.29 is 0 Å². The summed E-state index contributed by atoms with van der Waals surface area (Å²) in [7, 11) is 0. The van der Waals surface area contributed by atoms with Crippen molar-refractivity contribution in [1.29, 1.82) is 0 Å². The van der Waals surface area contributed by atoms with Gasteiger partial charge in [0.1, 0.15) is 0 Å². The predicted molar refractivity (Wildman–Crippen MR) is 127 cm³/mol. The van der Waals surface area contributed by atoms with Gasteiger partial charge in [-0.1, -0.05) is 87.2 Å². The number of benzene rings is 3. The van der Waals surface area contributed by atoms with E-state index in [0.29, 0.717) is 6.04 Å². The zero-order valence-electron chi connectivity index (χ0n) is 17.6. The van der Waals surface area contributed by atoms with Gasteiger partial charge in [-0.05, 0) is 47.9 Å². The Morgan fingerprint density at radius 2 is 1.76 bits per heavy atom. The van der Waals surface area contributed by atoms with Crippen LogP contribution in [0.2, 0.25) is 0 Å². The van der Waals surface area contributed by atoms with Crippen LogP contribution in [-0.4, -0.2) is 6.04 Å². The summed E-state index contributed by atoms with van der Waals surface area (Å²) in [6.45, 7) is 4.65. The van der Waals surface area contributed by atoms with Crippen LogP contribution in [0, 0.1) is 0 Å². The Labute approximate surface area is 175 Å². The average molecular weight is 385 g/mol. The fourth-order valence-corrected chi connectivity index (χ4v) is 4.71. The molecule has 150 valence electrons. The van der Waals surface area contributed by atoms with Crippen molar-refractivity contribution in [3.8, 4) is 0 Å². The first kappa shape index (κ1) is 19.6. The highest BCUT2D eigenvalue weighted by Gasteiger charge is 2.27. The van der Waals surface area contributed by atoms with Gasteiger partial charge in [-0.3, -0.25) is 0 Å². The van der Waals surface area contributed by atoms with Crippen molar-refractivity contribution in [2.75, 3.05) is 10.6 Å². The molecule has 0 bridgehead atoms. The highest BCUT2D eigenvalue weighted by Crippen LogP contribution is 2.41. The number of hydrogen-bond acceptors (Lipinski definition) is 2. The van der Waals surface area contributed by atoms with Crippen molar-refractivity contribution in [2.24, 2.45) is 0 Å². The molecule has 1 aliphatic carbocycles. The topological polar surface area (TPSA) is 29.3 Å². The average Bonchev–Trinajstić information content (AvgIpc) is 2.76. The third-order valence-electron chi connectivity index (χ3n) is 6.22. The molecule has 2 N–H and O–H groups in total. The van der Waals surface area contributed by atoms with E-state index < -0.39 is 0 Å². The van der Waals surface area contributed by atoms with Crippen LogP contribution in [0.1, 0.15) is 63.1 Å². The van der Waals surface area contributed by atoms with Gasteiger partial charge >= 0.3 is 0 Å². The van der Waals surface area contributed by atoms with E-state index in [4.69, 9.17) is 5.73 Å². The van der Waals surface area contributed by atoms with Crippen LogP contribution >= 0.6 is 0 Å². The normalized spacial score (nSPS) is 16.1. The first-order valence-electron chi connectivity index (χ1n) is 11.0. The number of para-hydroxylation sites is 1. The summed E-state index contributed by atoms with van der Waals surface area (Å²) < 4.78 is 0. The van der Waals surface area contributed by atoms with Crippen LogP contribution in [0.4, 0.5) is 11.4 Å². The van der Waals surface area contributed by atoms with E-state index in [1.807, 2.05) is 6.07 Å². The van der Waals surface area contributed by atoms with E-state index in [-0.39, 0.29) is 6.04 Å². The summed E-state index contributed by atoms with van der Waals surface area (Å²) in [4.78, 5) is 2.60. The van der Waals surface area contributed by atoms with Crippen molar-refractivity contribution in [1.82, 2.24) is 0 Å². The Kier molecular flexibility index (Phi) is 5.89. The van der Waals surface area contributed by atoms with Gasteiger partial charge in [0, 0.05) is 23.0 Å². The standard InChI is InChI=1S/C27H32N2/c1-3-4-5-7-11-20(2)29(22-13-8-6-9-14-22)26-19-17-23-25(28)18-16-21-12-10-15-24(26)27(21)23/h6,8-10,12-20,26H,3-5,7,11,28H2,1-2H3. The molecule has 0 spiro atoms. The van der Waals surface area contributed by atoms with Gasteiger partial charge in [-0.2, -0.15) is 0 Å². The fourth-order valence-electron chi connectivity index (χ4n) is 4.71. The van der Waals surface area contributed by atoms with Crippen LogP contribution in [-0.2, 0) is 0 Å². The summed E-state index contributed by atoms with van der Waals surface area (Å²) in [5.41, 5.74) is 11.0. The molecule has 2 unspecified atom stereocenters. The van der Waals surface area contributed by atoms with E-state index >= 15 is 0 Å². The van der Waals surface area contributed by atoms with Gasteiger partial charge in [0.25, 0.3) is 0 Å². The lowest BCUT2D eigenvalue weighted by Gasteiger charge is -2.39. The molecule has 1 aliphatic rings. The molecule has 4 rings (SSSR count). The molecule has 0 aromatic heterocycles. The van der Waals surface area contributed by atoms with E-state index in [2.05, 4.69) is 85.5 Å². The zero-order valence-corrected chi connectivity index (χ0v) is 17.6. The number of unbranched alkanes of at least 4 members (excludes halogenated alkanes) is 3. The Hall–Kier alpha value is -2.74. The summed E-state index contributed by atoms with van der Waals surface area (Å²) in [5.74, 6) is 0. The maximum Gasteiger partial charge on any atom is 0.0739 e. The van der Waals surface area contributed by atoms with Crippen LogP contribution in [0.5, 0.6) is 0 Å². The third-order valence-corrected chi connectivity index (χ3v) is 6.22.